The summed E-state index contributed by atoms with van der Waals surface area (Å²) in [5.41, 5.74) is 1.12. The number of hydrogen-bond acceptors (Lipinski definition) is 3. The first-order valence-corrected chi connectivity index (χ1v) is 9.61. The van der Waals surface area contributed by atoms with Crippen LogP contribution < -0.4 is 10.1 Å². The average Bonchev–Trinajstić information content (AvgIpc) is 3.41. The van der Waals surface area contributed by atoms with Crippen LogP contribution in [0.4, 0.5) is 14.5 Å². The number of ether oxygens (including phenoxy) is 1. The van der Waals surface area contributed by atoms with E-state index in [0.717, 1.165) is 38.4 Å². The minimum Gasteiger partial charge on any atom is -0.495 e. The van der Waals surface area contributed by atoms with E-state index in [1.165, 1.54) is 6.07 Å². The number of nitrogens with one attached hydrogen (secondary N) is 1. The number of methoxy groups -OCH3 is 1. The maximum Gasteiger partial charge on any atom is 0.228 e. The molecule has 2 aromatic carbocycles. The van der Waals surface area contributed by atoms with Crippen LogP contribution in [0.5, 0.6) is 5.75 Å². The van der Waals surface area contributed by atoms with Crippen molar-refractivity contribution in [1.82, 2.24) is 4.90 Å². The van der Waals surface area contributed by atoms with Crippen LogP contribution in [0.1, 0.15) is 24.8 Å². The minimum absolute atomic E-state index is 0.00506. The number of halogens is 2. The summed E-state index contributed by atoms with van der Waals surface area (Å²) in [5, 5.41) is 2.99. The van der Waals surface area contributed by atoms with Crippen molar-refractivity contribution in [3.8, 4) is 5.75 Å². The van der Waals surface area contributed by atoms with Crippen molar-refractivity contribution >= 4 is 11.6 Å². The van der Waals surface area contributed by atoms with Gasteiger partial charge in [-0.15, -0.1) is 0 Å². The second-order valence-corrected chi connectivity index (χ2v) is 7.80. The molecule has 1 N–H and O–H groups in total. The van der Waals surface area contributed by atoms with Crippen LogP contribution in [0.2, 0.25) is 0 Å². The Morgan fingerprint density at radius 1 is 1.18 bits per heavy atom. The van der Waals surface area contributed by atoms with Crippen LogP contribution in [0, 0.1) is 23.0 Å². The first-order valence-electron chi connectivity index (χ1n) is 9.61. The highest BCUT2D eigenvalue weighted by molar-refractivity contribution is 5.96. The summed E-state index contributed by atoms with van der Waals surface area (Å²) in [6.45, 7) is 1.97. The average molecular weight is 386 g/mol. The van der Waals surface area contributed by atoms with Crippen molar-refractivity contribution in [3.63, 3.8) is 0 Å². The first-order chi connectivity index (χ1) is 13.5. The predicted molar refractivity (Wildman–Crippen MR) is 103 cm³/mol. The van der Waals surface area contributed by atoms with Gasteiger partial charge in [0.1, 0.15) is 5.75 Å². The number of nitrogens with zero attached hydrogens (tertiary/aromatic N) is 1. The lowest BCUT2D eigenvalue weighted by Gasteiger charge is -2.33. The van der Waals surface area contributed by atoms with Gasteiger partial charge in [-0.05, 0) is 56.0 Å². The molecule has 0 aromatic heterocycles. The quantitative estimate of drug-likeness (QED) is 0.837. The van der Waals surface area contributed by atoms with E-state index in [1.807, 2.05) is 24.3 Å². The van der Waals surface area contributed by atoms with Gasteiger partial charge in [-0.25, -0.2) is 8.78 Å². The Kier molecular flexibility index (Phi) is 5.06. The fourth-order valence-corrected chi connectivity index (χ4v) is 4.31. The number of likely N-dealkylation sites (tertiary alicyclic amines) is 1. The summed E-state index contributed by atoms with van der Waals surface area (Å²) in [5.74, 6) is -0.874. The topological polar surface area (TPSA) is 41.6 Å². The molecule has 28 heavy (non-hydrogen) atoms. The molecule has 2 fully saturated rings. The molecule has 148 valence electrons. The molecule has 1 heterocycles. The van der Waals surface area contributed by atoms with Crippen molar-refractivity contribution in [2.45, 2.75) is 25.8 Å². The summed E-state index contributed by atoms with van der Waals surface area (Å²) in [6.07, 6.45) is 2.68. The van der Waals surface area contributed by atoms with Gasteiger partial charge in [0, 0.05) is 18.0 Å². The van der Waals surface area contributed by atoms with Crippen molar-refractivity contribution in [2.24, 2.45) is 11.3 Å². The summed E-state index contributed by atoms with van der Waals surface area (Å²) < 4.78 is 32.6. The normalized spacial score (nSPS) is 20.8. The Hall–Kier alpha value is -2.47. The second-order valence-electron chi connectivity index (χ2n) is 7.80. The molecule has 1 unspecified atom stereocenters. The number of para-hydroxylation sites is 2. The van der Waals surface area contributed by atoms with Crippen molar-refractivity contribution in [2.75, 3.05) is 25.5 Å². The van der Waals surface area contributed by atoms with Crippen LogP contribution in [0.15, 0.2) is 42.5 Å². The van der Waals surface area contributed by atoms with Crippen molar-refractivity contribution in [1.29, 1.82) is 0 Å². The summed E-state index contributed by atoms with van der Waals surface area (Å²) >= 11 is 0. The lowest BCUT2D eigenvalue weighted by Crippen LogP contribution is -2.36. The van der Waals surface area contributed by atoms with Crippen LogP contribution in [-0.2, 0) is 11.3 Å². The molecule has 2 aromatic rings. The zero-order chi connectivity index (χ0) is 19.7. The second kappa shape index (κ2) is 7.51. The molecule has 6 heteroatoms. The molecule has 1 aliphatic carbocycles. The standard InChI is InChI=1S/C22H24F2N2O2/c1-28-19-8-3-2-7-18(19)25-21(27)16-13-22(16)9-11-26(12-10-22)14-15-5-4-6-17(23)20(15)24/h2-8,16H,9-14H2,1H3,(H,25,27). The van der Waals surface area contributed by atoms with E-state index in [0.29, 0.717) is 23.5 Å². The van der Waals surface area contributed by atoms with E-state index in [4.69, 9.17) is 4.74 Å². The van der Waals surface area contributed by atoms with Crippen LogP contribution >= 0.6 is 0 Å². The SMILES string of the molecule is COc1ccccc1NC(=O)C1CC12CCN(Cc1cccc(F)c1F)CC2. The Labute approximate surface area is 163 Å². The molecule has 4 nitrogen and oxygen atoms in total. The van der Waals surface area contributed by atoms with E-state index in [-0.39, 0.29) is 17.2 Å². The third-order valence-electron chi connectivity index (χ3n) is 6.15. The number of anilines is 1. The summed E-state index contributed by atoms with van der Waals surface area (Å²) in [6, 6.07) is 11.7. The molecular weight excluding hydrogens is 362 g/mol. The van der Waals surface area contributed by atoms with Gasteiger partial charge in [-0.2, -0.15) is 0 Å². The number of rotatable bonds is 5. The maximum absolute atomic E-state index is 13.9. The molecular formula is C22H24F2N2O2. The number of carbonyl (C=O) groups is 1. The molecule has 0 radical (unpaired) electrons. The monoisotopic (exact) mass is 386 g/mol. The van der Waals surface area contributed by atoms with E-state index in [9.17, 15) is 13.6 Å². The minimum atomic E-state index is -0.804. The Morgan fingerprint density at radius 2 is 1.93 bits per heavy atom. The zero-order valence-electron chi connectivity index (χ0n) is 15.9. The Balaban J connectivity index is 1.33. The highest BCUT2D eigenvalue weighted by atomic mass is 19.2. The van der Waals surface area contributed by atoms with Crippen molar-refractivity contribution in [3.05, 3.63) is 59.7 Å². The van der Waals surface area contributed by atoms with Gasteiger partial charge in [-0.3, -0.25) is 9.69 Å². The zero-order valence-corrected chi connectivity index (χ0v) is 15.9. The predicted octanol–water partition coefficient (Wildman–Crippen LogP) is 4.21. The van der Waals surface area contributed by atoms with Gasteiger partial charge < -0.3 is 10.1 Å². The summed E-state index contributed by atoms with van der Waals surface area (Å²) in [7, 11) is 1.58. The molecule has 1 amide bonds. The smallest absolute Gasteiger partial charge is 0.228 e. The number of benzene rings is 2. The van der Waals surface area contributed by atoms with Gasteiger partial charge >= 0.3 is 0 Å². The lowest BCUT2D eigenvalue weighted by molar-refractivity contribution is -0.118. The Bertz CT molecular complexity index is 879. The van der Waals surface area contributed by atoms with Crippen LogP contribution in [0.3, 0.4) is 0 Å². The molecule has 1 spiro atoms. The van der Waals surface area contributed by atoms with Crippen LogP contribution in [-0.4, -0.2) is 31.0 Å². The van der Waals surface area contributed by atoms with Gasteiger partial charge in [0.2, 0.25) is 5.91 Å². The van der Waals surface area contributed by atoms with Gasteiger partial charge in [0.15, 0.2) is 11.6 Å². The highest BCUT2D eigenvalue weighted by Gasteiger charge is 2.58. The highest BCUT2D eigenvalue weighted by Crippen LogP contribution is 2.59. The molecule has 1 aliphatic heterocycles. The van der Waals surface area contributed by atoms with Crippen molar-refractivity contribution < 1.29 is 18.3 Å². The number of amides is 1. The molecule has 0 bridgehead atoms. The first kappa shape index (κ1) is 18.9. The lowest BCUT2D eigenvalue weighted by atomic mass is 9.90. The number of carbonyl (C=O) groups excluding carboxylic acids is 1. The molecule has 1 saturated carbocycles. The Morgan fingerprint density at radius 3 is 2.68 bits per heavy atom. The third-order valence-corrected chi connectivity index (χ3v) is 6.15. The molecule has 2 aliphatic rings. The van der Waals surface area contributed by atoms with E-state index in [1.54, 1.807) is 13.2 Å². The summed E-state index contributed by atoms with van der Waals surface area (Å²) in [4.78, 5) is 14.8. The molecule has 1 saturated heterocycles. The van der Waals surface area contributed by atoms with Gasteiger partial charge in [0.05, 0.1) is 12.8 Å². The largest absolute Gasteiger partial charge is 0.495 e. The van der Waals surface area contributed by atoms with Gasteiger partial charge in [0.25, 0.3) is 0 Å². The van der Waals surface area contributed by atoms with E-state index >= 15 is 0 Å². The van der Waals surface area contributed by atoms with E-state index < -0.39 is 11.6 Å². The fourth-order valence-electron chi connectivity index (χ4n) is 4.31. The fraction of sp³-hybridized carbons (Fsp3) is 0.409. The van der Waals surface area contributed by atoms with Crippen LogP contribution in [0.25, 0.3) is 0 Å². The third kappa shape index (κ3) is 3.61. The number of hydrogen-bond donors (Lipinski definition) is 1. The maximum atomic E-state index is 13.9. The van der Waals surface area contributed by atoms with E-state index in [2.05, 4.69) is 10.2 Å². The molecule has 4 rings (SSSR count). The van der Waals surface area contributed by atoms with Gasteiger partial charge in [-0.1, -0.05) is 24.3 Å². The number of piperidine rings is 1. The molecule has 1 atom stereocenters.